The SMILES string of the molecule is NNc1nnnn1CCn1nnnc1NN. The first-order valence-electron chi connectivity index (χ1n) is 4.30. The number of nitrogens with zero attached hydrogens (tertiary/aromatic N) is 8. The van der Waals surface area contributed by atoms with E-state index in [0.29, 0.717) is 25.0 Å². The van der Waals surface area contributed by atoms with E-state index in [1.54, 1.807) is 0 Å². The van der Waals surface area contributed by atoms with Crippen LogP contribution in [0.4, 0.5) is 11.9 Å². The molecule has 0 spiro atoms. The molecule has 0 saturated heterocycles. The molecule has 0 aliphatic heterocycles. The molecule has 86 valence electrons. The largest absolute Gasteiger partial charge is 0.291 e. The van der Waals surface area contributed by atoms with E-state index in [4.69, 9.17) is 11.7 Å². The molecule has 2 aromatic rings. The van der Waals surface area contributed by atoms with Gasteiger partial charge in [0.25, 0.3) is 11.9 Å². The average molecular weight is 226 g/mol. The van der Waals surface area contributed by atoms with E-state index in [-0.39, 0.29) is 0 Å². The highest BCUT2D eigenvalue weighted by Crippen LogP contribution is 2.00. The van der Waals surface area contributed by atoms with E-state index >= 15 is 0 Å². The Kier molecular flexibility index (Phi) is 2.84. The maximum Gasteiger partial charge on any atom is 0.257 e. The highest BCUT2D eigenvalue weighted by molar-refractivity contribution is 5.19. The Morgan fingerprint density at radius 1 is 0.875 bits per heavy atom. The highest BCUT2D eigenvalue weighted by Gasteiger charge is 2.07. The normalized spacial score (nSPS) is 10.4. The van der Waals surface area contributed by atoms with Crippen LogP contribution in [0, 0.1) is 0 Å². The van der Waals surface area contributed by atoms with Crippen LogP contribution >= 0.6 is 0 Å². The molecular weight excluding hydrogens is 216 g/mol. The number of aromatic nitrogens is 8. The van der Waals surface area contributed by atoms with Crippen molar-refractivity contribution in [2.24, 2.45) is 11.7 Å². The number of rotatable bonds is 5. The van der Waals surface area contributed by atoms with Gasteiger partial charge in [-0.25, -0.2) is 21.0 Å². The molecule has 2 aromatic heterocycles. The molecule has 2 rings (SSSR count). The van der Waals surface area contributed by atoms with E-state index < -0.39 is 0 Å². The maximum atomic E-state index is 5.21. The minimum absolute atomic E-state index is 0.357. The quantitative estimate of drug-likeness (QED) is 0.303. The van der Waals surface area contributed by atoms with Gasteiger partial charge in [-0.05, 0) is 20.9 Å². The molecule has 16 heavy (non-hydrogen) atoms. The van der Waals surface area contributed by atoms with Crippen molar-refractivity contribution in [3.8, 4) is 0 Å². The summed E-state index contributed by atoms with van der Waals surface area (Å²) in [5.74, 6) is 11.1. The number of aryl methyl sites for hydroxylation is 2. The van der Waals surface area contributed by atoms with Crippen molar-refractivity contribution in [2.75, 3.05) is 10.9 Å². The predicted octanol–water partition coefficient (Wildman–Crippen LogP) is -3.07. The number of hydrazine groups is 2. The molecule has 0 radical (unpaired) electrons. The van der Waals surface area contributed by atoms with Gasteiger partial charge in [0.2, 0.25) is 0 Å². The third-order valence-electron chi connectivity index (χ3n) is 1.85. The lowest BCUT2D eigenvalue weighted by Gasteiger charge is -2.04. The Morgan fingerprint density at radius 2 is 1.31 bits per heavy atom. The lowest BCUT2D eigenvalue weighted by Crippen LogP contribution is -2.19. The first kappa shape index (κ1) is 10.2. The number of hydrogen-bond acceptors (Lipinski definition) is 10. The van der Waals surface area contributed by atoms with Crippen LogP contribution in [0.25, 0.3) is 0 Å². The smallest absolute Gasteiger partial charge is 0.257 e. The minimum Gasteiger partial charge on any atom is -0.291 e. The van der Waals surface area contributed by atoms with Crippen molar-refractivity contribution in [2.45, 2.75) is 13.1 Å². The van der Waals surface area contributed by atoms with Crippen LogP contribution in [0.5, 0.6) is 0 Å². The third kappa shape index (κ3) is 1.86. The number of anilines is 2. The number of tetrazole rings is 2. The molecule has 0 fully saturated rings. The van der Waals surface area contributed by atoms with Crippen LogP contribution in [0.15, 0.2) is 0 Å². The Morgan fingerprint density at radius 3 is 1.69 bits per heavy atom. The second-order valence-electron chi connectivity index (χ2n) is 2.74. The topological polar surface area (TPSA) is 163 Å². The average Bonchev–Trinajstić information content (AvgIpc) is 2.94. The molecule has 12 nitrogen and oxygen atoms in total. The summed E-state index contributed by atoms with van der Waals surface area (Å²) >= 11 is 0. The van der Waals surface area contributed by atoms with Gasteiger partial charge in [-0.1, -0.05) is 10.2 Å². The van der Waals surface area contributed by atoms with Gasteiger partial charge in [0.1, 0.15) is 0 Å². The lowest BCUT2D eigenvalue weighted by molar-refractivity contribution is 0.486. The number of nitrogen functional groups attached to an aromatic ring is 2. The van der Waals surface area contributed by atoms with Crippen LogP contribution in [0.1, 0.15) is 0 Å². The molecule has 12 heteroatoms. The van der Waals surface area contributed by atoms with Crippen LogP contribution in [-0.2, 0) is 13.1 Å². The molecule has 0 bridgehead atoms. The van der Waals surface area contributed by atoms with E-state index in [2.05, 4.69) is 41.9 Å². The summed E-state index contributed by atoms with van der Waals surface area (Å²) in [6, 6.07) is 0. The predicted molar refractivity (Wildman–Crippen MR) is 51.3 cm³/mol. The molecule has 0 aliphatic rings. The summed E-state index contributed by atoms with van der Waals surface area (Å²) in [6.45, 7) is 0.901. The van der Waals surface area contributed by atoms with Crippen molar-refractivity contribution in [3.63, 3.8) is 0 Å². The maximum absolute atomic E-state index is 5.21. The second-order valence-corrected chi connectivity index (χ2v) is 2.74. The monoisotopic (exact) mass is 226 g/mol. The van der Waals surface area contributed by atoms with Gasteiger partial charge in [-0.15, -0.1) is 0 Å². The summed E-state index contributed by atoms with van der Waals surface area (Å²) in [4.78, 5) is 0. The van der Waals surface area contributed by atoms with Crippen molar-refractivity contribution in [1.82, 2.24) is 40.4 Å². The molecule has 0 aliphatic carbocycles. The van der Waals surface area contributed by atoms with Crippen LogP contribution in [0.2, 0.25) is 0 Å². The molecule has 0 amide bonds. The fourth-order valence-corrected chi connectivity index (χ4v) is 1.11. The van der Waals surface area contributed by atoms with E-state index in [0.717, 1.165) is 0 Å². The van der Waals surface area contributed by atoms with Crippen LogP contribution in [0.3, 0.4) is 0 Å². The van der Waals surface area contributed by atoms with Crippen molar-refractivity contribution in [1.29, 1.82) is 0 Å². The summed E-state index contributed by atoms with van der Waals surface area (Å²) < 4.78 is 2.95. The molecule has 6 N–H and O–H groups in total. The Balaban J connectivity index is 2.02. The Labute approximate surface area is 88.9 Å². The fourth-order valence-electron chi connectivity index (χ4n) is 1.11. The molecule has 0 saturated carbocycles. The third-order valence-corrected chi connectivity index (χ3v) is 1.85. The van der Waals surface area contributed by atoms with Gasteiger partial charge in [0, 0.05) is 0 Å². The lowest BCUT2D eigenvalue weighted by atomic mass is 10.6. The Bertz CT molecular complexity index is 399. The van der Waals surface area contributed by atoms with E-state index in [9.17, 15) is 0 Å². The zero-order valence-electron chi connectivity index (χ0n) is 8.15. The number of nitrogens with two attached hydrogens (primary N) is 2. The Hall–Kier alpha value is -2.34. The van der Waals surface area contributed by atoms with Gasteiger partial charge in [0.05, 0.1) is 13.1 Å². The molecule has 0 aromatic carbocycles. The zero-order valence-corrected chi connectivity index (χ0v) is 8.15. The molecule has 0 atom stereocenters. The summed E-state index contributed by atoms with van der Waals surface area (Å²) in [5, 5.41) is 21.6. The number of nitrogens with one attached hydrogen (secondary N) is 2. The van der Waals surface area contributed by atoms with Gasteiger partial charge >= 0.3 is 0 Å². The van der Waals surface area contributed by atoms with Gasteiger partial charge in [-0.3, -0.25) is 10.9 Å². The van der Waals surface area contributed by atoms with E-state index in [1.807, 2.05) is 0 Å². The highest BCUT2D eigenvalue weighted by atomic mass is 15.6. The molecular formula is C4H10N12. The summed E-state index contributed by atoms with van der Waals surface area (Å²) in [6.07, 6.45) is 0. The zero-order chi connectivity index (χ0) is 11.4. The van der Waals surface area contributed by atoms with Crippen molar-refractivity contribution < 1.29 is 0 Å². The van der Waals surface area contributed by atoms with Gasteiger partial charge < -0.3 is 0 Å². The summed E-state index contributed by atoms with van der Waals surface area (Å²) in [5.41, 5.74) is 4.72. The van der Waals surface area contributed by atoms with Gasteiger partial charge in [0.15, 0.2) is 0 Å². The van der Waals surface area contributed by atoms with Crippen molar-refractivity contribution in [3.05, 3.63) is 0 Å². The van der Waals surface area contributed by atoms with Crippen LogP contribution < -0.4 is 22.5 Å². The second kappa shape index (κ2) is 4.45. The minimum atomic E-state index is 0.357. The molecule has 0 unspecified atom stereocenters. The van der Waals surface area contributed by atoms with Crippen molar-refractivity contribution >= 4 is 11.9 Å². The van der Waals surface area contributed by atoms with Crippen LogP contribution in [-0.4, -0.2) is 40.4 Å². The standard InChI is InChI=1S/C4H10N12/c5-7-3-9-11-13-15(3)1-2-16-4(8-6)10-12-14-16/h1-2,5-6H2,(H,7,9,13)(H,8,10,14). The van der Waals surface area contributed by atoms with Gasteiger partial charge in [-0.2, -0.15) is 0 Å². The van der Waals surface area contributed by atoms with E-state index in [1.165, 1.54) is 9.36 Å². The first-order valence-corrected chi connectivity index (χ1v) is 4.30. The number of hydrogen-bond donors (Lipinski definition) is 4. The molecule has 2 heterocycles. The fraction of sp³-hybridized carbons (Fsp3) is 0.500. The summed E-state index contributed by atoms with van der Waals surface area (Å²) in [7, 11) is 0. The first-order chi connectivity index (χ1) is 7.85.